The maximum Gasteiger partial charge on any atom is 0.387 e. The second kappa shape index (κ2) is 10.7. The van der Waals surface area contributed by atoms with E-state index in [1.54, 1.807) is 17.9 Å². The Morgan fingerprint density at radius 1 is 1.31 bits per heavy atom. The smallest absolute Gasteiger partial charge is 0.387 e. The van der Waals surface area contributed by atoms with Gasteiger partial charge in [0.15, 0.2) is 5.96 Å². The average molecular weight is 520 g/mol. The fraction of sp³-hybridized carbons (Fsp3) is 0.333. The number of nitrogens with zero attached hydrogens (tertiary/aromatic N) is 3. The van der Waals surface area contributed by atoms with Gasteiger partial charge >= 0.3 is 6.61 Å². The zero-order valence-electron chi connectivity index (χ0n) is 14.0. The van der Waals surface area contributed by atoms with Crippen LogP contribution in [-0.4, -0.2) is 29.4 Å². The summed E-state index contributed by atoms with van der Waals surface area (Å²) in [6.07, 6.45) is 1.69. The Morgan fingerprint density at radius 3 is 2.58 bits per heavy atom. The molecule has 0 aliphatic heterocycles. The van der Waals surface area contributed by atoms with Crippen LogP contribution >= 0.6 is 47.2 Å². The van der Waals surface area contributed by atoms with E-state index in [4.69, 9.17) is 23.2 Å². The Bertz CT molecular complexity index is 758. The summed E-state index contributed by atoms with van der Waals surface area (Å²) in [7, 11) is 3.43. The Labute approximate surface area is 176 Å². The highest BCUT2D eigenvalue weighted by atomic mass is 127. The summed E-state index contributed by atoms with van der Waals surface area (Å²) in [6, 6.07) is 4.72. The van der Waals surface area contributed by atoms with Crippen molar-refractivity contribution >= 4 is 53.1 Å². The van der Waals surface area contributed by atoms with Crippen molar-refractivity contribution < 1.29 is 13.5 Å². The molecule has 11 heteroatoms. The quantitative estimate of drug-likeness (QED) is 0.346. The molecule has 0 spiro atoms. The second-order valence-electron chi connectivity index (χ2n) is 4.98. The van der Waals surface area contributed by atoms with Gasteiger partial charge in [0.1, 0.15) is 5.75 Å². The molecule has 0 saturated carbocycles. The topological polar surface area (TPSA) is 63.5 Å². The number of halogens is 5. The van der Waals surface area contributed by atoms with Crippen molar-refractivity contribution in [3.63, 3.8) is 0 Å². The molecule has 1 heterocycles. The molecule has 1 aromatic heterocycles. The lowest BCUT2D eigenvalue weighted by Crippen LogP contribution is -2.36. The SMILES string of the molecule is CN=C(NCc1cc(Cl)cc(Cl)c1OC(F)F)NCc1ccnn1C.I. The highest BCUT2D eigenvalue weighted by Crippen LogP contribution is 2.33. The molecular weight excluding hydrogens is 502 g/mol. The summed E-state index contributed by atoms with van der Waals surface area (Å²) in [5, 5.41) is 10.5. The van der Waals surface area contributed by atoms with Crippen LogP contribution in [0.1, 0.15) is 11.3 Å². The second-order valence-corrected chi connectivity index (χ2v) is 5.82. The third-order valence-corrected chi connectivity index (χ3v) is 3.82. The van der Waals surface area contributed by atoms with Crippen LogP contribution in [0.2, 0.25) is 10.0 Å². The van der Waals surface area contributed by atoms with Gasteiger partial charge in [-0.3, -0.25) is 9.67 Å². The summed E-state index contributed by atoms with van der Waals surface area (Å²) in [5.41, 5.74) is 1.34. The first kappa shape index (κ1) is 22.7. The number of aromatic nitrogens is 2. The molecule has 144 valence electrons. The fourth-order valence-corrected chi connectivity index (χ4v) is 2.69. The van der Waals surface area contributed by atoms with Gasteiger partial charge < -0.3 is 15.4 Å². The number of hydrogen-bond acceptors (Lipinski definition) is 3. The van der Waals surface area contributed by atoms with E-state index < -0.39 is 6.61 Å². The molecule has 1 aromatic carbocycles. The van der Waals surface area contributed by atoms with Gasteiger partial charge in [-0.05, 0) is 18.2 Å². The highest BCUT2D eigenvalue weighted by Gasteiger charge is 2.15. The lowest BCUT2D eigenvalue weighted by atomic mass is 10.2. The molecule has 0 unspecified atom stereocenters. The van der Waals surface area contributed by atoms with E-state index in [2.05, 4.69) is 25.5 Å². The Hall–Kier alpha value is -1.33. The van der Waals surface area contributed by atoms with Crippen LogP contribution in [0.3, 0.4) is 0 Å². The van der Waals surface area contributed by atoms with Gasteiger partial charge in [0.25, 0.3) is 0 Å². The van der Waals surface area contributed by atoms with Crippen LogP contribution in [0.4, 0.5) is 8.78 Å². The van der Waals surface area contributed by atoms with E-state index >= 15 is 0 Å². The van der Waals surface area contributed by atoms with E-state index in [9.17, 15) is 8.78 Å². The molecule has 2 rings (SSSR count). The van der Waals surface area contributed by atoms with Crippen molar-refractivity contribution in [2.45, 2.75) is 19.7 Å². The van der Waals surface area contributed by atoms with Crippen LogP contribution in [0.15, 0.2) is 29.4 Å². The normalized spacial score (nSPS) is 11.3. The first-order valence-corrected chi connectivity index (χ1v) is 8.00. The molecule has 0 fully saturated rings. The van der Waals surface area contributed by atoms with Gasteiger partial charge in [-0.1, -0.05) is 23.2 Å². The van der Waals surface area contributed by atoms with E-state index in [1.165, 1.54) is 12.1 Å². The van der Waals surface area contributed by atoms with Crippen LogP contribution in [0.25, 0.3) is 0 Å². The number of hydrogen-bond donors (Lipinski definition) is 2. The van der Waals surface area contributed by atoms with Crippen molar-refractivity contribution in [3.05, 3.63) is 45.7 Å². The molecule has 0 amide bonds. The maximum absolute atomic E-state index is 12.6. The summed E-state index contributed by atoms with van der Waals surface area (Å²) in [5.74, 6) is 0.357. The van der Waals surface area contributed by atoms with E-state index in [-0.39, 0.29) is 41.3 Å². The third-order valence-electron chi connectivity index (χ3n) is 3.32. The molecule has 0 atom stereocenters. The van der Waals surface area contributed by atoms with Crippen molar-refractivity contribution in [2.75, 3.05) is 7.05 Å². The Kier molecular flexibility index (Phi) is 9.37. The summed E-state index contributed by atoms with van der Waals surface area (Å²) >= 11 is 11.9. The zero-order valence-corrected chi connectivity index (χ0v) is 17.8. The molecule has 0 aliphatic rings. The molecule has 0 bridgehead atoms. The molecule has 0 saturated heterocycles. The van der Waals surface area contributed by atoms with Crippen molar-refractivity contribution in [1.82, 2.24) is 20.4 Å². The van der Waals surface area contributed by atoms with Gasteiger partial charge in [-0.15, -0.1) is 24.0 Å². The van der Waals surface area contributed by atoms with Gasteiger partial charge in [0, 0.05) is 37.4 Å². The third kappa shape index (κ3) is 6.44. The number of alkyl halides is 2. The zero-order chi connectivity index (χ0) is 18.4. The van der Waals surface area contributed by atoms with Gasteiger partial charge in [-0.2, -0.15) is 13.9 Å². The molecular formula is C15H18Cl2F2IN5O. The number of rotatable bonds is 6. The standard InChI is InChI=1S/C15H17Cl2F2N5O.HI/c1-20-15(22-8-11-3-4-23-24(11)2)21-7-9-5-10(16)6-12(17)13(9)25-14(18)19;/h3-6,14H,7-8H2,1-2H3,(H2,20,21,22);1H. The maximum atomic E-state index is 12.6. The summed E-state index contributed by atoms with van der Waals surface area (Å²) in [6.45, 7) is -2.35. The number of aliphatic imine (C=N–C) groups is 1. The minimum atomic E-state index is -2.99. The van der Waals surface area contributed by atoms with E-state index in [1.807, 2.05) is 13.1 Å². The number of ether oxygens (including phenoxy) is 1. The lowest BCUT2D eigenvalue weighted by Gasteiger charge is -2.16. The number of benzene rings is 1. The van der Waals surface area contributed by atoms with Gasteiger partial charge in [0.2, 0.25) is 0 Å². The minimum Gasteiger partial charge on any atom is -0.433 e. The van der Waals surface area contributed by atoms with Crippen molar-refractivity contribution in [1.29, 1.82) is 0 Å². The lowest BCUT2D eigenvalue weighted by molar-refractivity contribution is -0.0504. The van der Waals surface area contributed by atoms with Crippen LogP contribution < -0.4 is 15.4 Å². The number of nitrogens with one attached hydrogen (secondary N) is 2. The first-order valence-electron chi connectivity index (χ1n) is 7.24. The Morgan fingerprint density at radius 2 is 2.00 bits per heavy atom. The van der Waals surface area contributed by atoms with Crippen LogP contribution in [0, 0.1) is 0 Å². The predicted octanol–water partition coefficient (Wildman–Crippen LogP) is 3.81. The predicted molar refractivity (Wildman–Crippen MR) is 109 cm³/mol. The molecule has 26 heavy (non-hydrogen) atoms. The first-order chi connectivity index (χ1) is 11.9. The molecule has 2 aromatic rings. The molecule has 0 radical (unpaired) electrons. The largest absolute Gasteiger partial charge is 0.433 e. The van der Waals surface area contributed by atoms with Crippen molar-refractivity contribution in [2.24, 2.45) is 12.0 Å². The monoisotopic (exact) mass is 519 g/mol. The molecule has 6 nitrogen and oxygen atoms in total. The van der Waals surface area contributed by atoms with Crippen molar-refractivity contribution in [3.8, 4) is 5.75 Å². The van der Waals surface area contributed by atoms with Crippen LogP contribution in [-0.2, 0) is 20.1 Å². The summed E-state index contributed by atoms with van der Waals surface area (Å²) < 4.78 is 31.4. The van der Waals surface area contributed by atoms with E-state index in [0.29, 0.717) is 23.1 Å². The van der Waals surface area contributed by atoms with E-state index in [0.717, 1.165) is 5.69 Å². The average Bonchev–Trinajstić information content (AvgIpc) is 2.95. The van der Waals surface area contributed by atoms with Gasteiger partial charge in [-0.25, -0.2) is 0 Å². The number of guanidine groups is 1. The number of aryl methyl sites for hydroxylation is 1. The summed E-state index contributed by atoms with van der Waals surface area (Å²) in [4.78, 5) is 4.08. The minimum absolute atomic E-state index is 0. The van der Waals surface area contributed by atoms with Gasteiger partial charge in [0.05, 0.1) is 17.3 Å². The van der Waals surface area contributed by atoms with Crippen LogP contribution in [0.5, 0.6) is 5.75 Å². The Balaban J connectivity index is 0.00000338. The molecule has 0 aliphatic carbocycles. The molecule has 2 N–H and O–H groups in total. The fourth-order valence-electron chi connectivity index (χ4n) is 2.11. The highest BCUT2D eigenvalue weighted by molar-refractivity contribution is 14.0.